The summed E-state index contributed by atoms with van der Waals surface area (Å²) in [5, 5.41) is 0. The molecule has 134 valence electrons. The van der Waals surface area contributed by atoms with Crippen molar-refractivity contribution in [2.45, 2.75) is 40.2 Å². The van der Waals surface area contributed by atoms with Gasteiger partial charge in [0.15, 0.2) is 11.6 Å². The Morgan fingerprint density at radius 1 is 0.800 bits per heavy atom. The van der Waals surface area contributed by atoms with Crippen LogP contribution in [0.4, 0.5) is 0 Å². The van der Waals surface area contributed by atoms with E-state index in [0.29, 0.717) is 6.42 Å². The lowest BCUT2D eigenvalue weighted by molar-refractivity contribution is 0.0851. The summed E-state index contributed by atoms with van der Waals surface area (Å²) >= 11 is 0. The number of Topliss-reactive ketones (excluding diaryl/α,β-unsaturated/α-hetero) is 2. The van der Waals surface area contributed by atoms with Crippen molar-refractivity contribution in [1.29, 1.82) is 0 Å². The van der Waals surface area contributed by atoms with Crippen molar-refractivity contribution >= 4 is 11.6 Å². The molecule has 1 unspecified atom stereocenters. The summed E-state index contributed by atoms with van der Waals surface area (Å²) in [6.07, 6.45) is 0.587. The molecule has 25 heavy (non-hydrogen) atoms. The van der Waals surface area contributed by atoms with E-state index in [4.69, 9.17) is 0 Å². The van der Waals surface area contributed by atoms with Gasteiger partial charge in [-0.1, -0.05) is 81.4 Å². The van der Waals surface area contributed by atoms with Gasteiger partial charge >= 0.3 is 0 Å². The first-order chi connectivity index (χ1) is 12.0. The molecule has 0 N–H and O–H groups in total. The summed E-state index contributed by atoms with van der Waals surface area (Å²) < 4.78 is 0. The third-order valence-corrected chi connectivity index (χ3v) is 4.21. The summed E-state index contributed by atoms with van der Waals surface area (Å²) in [5.74, 6) is 0.417. The average molecular weight is 339 g/mol. The van der Waals surface area contributed by atoms with Gasteiger partial charge in [0.05, 0.1) is 6.04 Å². The molecule has 0 saturated carbocycles. The van der Waals surface area contributed by atoms with Crippen molar-refractivity contribution in [3.63, 3.8) is 0 Å². The molecule has 0 aliphatic rings. The van der Waals surface area contributed by atoms with Crippen LogP contribution in [0.2, 0.25) is 0 Å². The van der Waals surface area contributed by atoms with Crippen LogP contribution in [0, 0.1) is 0 Å². The lowest BCUT2D eigenvalue weighted by Crippen LogP contribution is -2.38. The lowest BCUT2D eigenvalue weighted by Gasteiger charge is -2.25. The van der Waals surface area contributed by atoms with Crippen molar-refractivity contribution in [2.75, 3.05) is 13.1 Å². The van der Waals surface area contributed by atoms with Crippen LogP contribution < -0.4 is 0 Å². The van der Waals surface area contributed by atoms with Gasteiger partial charge in [-0.2, -0.15) is 0 Å². The number of nitrogens with zero attached hydrogens (tertiary/aromatic N) is 1. The van der Waals surface area contributed by atoms with Crippen molar-refractivity contribution < 1.29 is 9.59 Å². The number of likely N-dealkylation sites (N-methyl/N-ethyl adjacent to an activating group) is 1. The molecule has 0 aliphatic heterocycles. The molecule has 0 radical (unpaired) electrons. The van der Waals surface area contributed by atoms with Gasteiger partial charge in [0.1, 0.15) is 0 Å². The Morgan fingerprint density at radius 2 is 1.24 bits per heavy atom. The van der Waals surface area contributed by atoms with Crippen LogP contribution in [0.3, 0.4) is 0 Å². The van der Waals surface area contributed by atoms with Crippen molar-refractivity contribution in [2.24, 2.45) is 0 Å². The first-order valence-corrected chi connectivity index (χ1v) is 8.96. The van der Waals surface area contributed by atoms with E-state index in [1.807, 2.05) is 74.5 Å². The van der Waals surface area contributed by atoms with E-state index in [1.165, 1.54) is 0 Å². The highest BCUT2D eigenvalue weighted by molar-refractivity contribution is 5.99. The molecular formula is C22H29NO2. The van der Waals surface area contributed by atoms with Gasteiger partial charge in [0.25, 0.3) is 0 Å². The van der Waals surface area contributed by atoms with Crippen LogP contribution in [0.1, 0.15) is 54.8 Å². The fourth-order valence-corrected chi connectivity index (χ4v) is 2.61. The summed E-state index contributed by atoms with van der Waals surface area (Å²) in [5.41, 5.74) is 1.61. The molecule has 0 fully saturated rings. The van der Waals surface area contributed by atoms with Gasteiger partial charge in [-0.15, -0.1) is 0 Å². The van der Waals surface area contributed by atoms with Crippen molar-refractivity contribution in [1.82, 2.24) is 4.90 Å². The maximum Gasteiger partial charge on any atom is 0.179 e. The zero-order valence-electron chi connectivity index (χ0n) is 15.7. The molecule has 0 amide bonds. The lowest BCUT2D eigenvalue weighted by atomic mass is 10.0. The molecule has 3 heteroatoms. The summed E-state index contributed by atoms with van der Waals surface area (Å²) in [6.45, 7) is 9.83. The topological polar surface area (TPSA) is 37.4 Å². The second-order valence-corrected chi connectivity index (χ2v) is 5.77. The van der Waals surface area contributed by atoms with E-state index in [-0.39, 0.29) is 17.6 Å². The Balaban J connectivity index is 0.000000271. The van der Waals surface area contributed by atoms with E-state index < -0.39 is 0 Å². The molecule has 2 rings (SSSR count). The zero-order chi connectivity index (χ0) is 18.7. The highest BCUT2D eigenvalue weighted by atomic mass is 16.1. The highest BCUT2D eigenvalue weighted by Gasteiger charge is 2.19. The van der Waals surface area contributed by atoms with E-state index in [2.05, 4.69) is 18.7 Å². The van der Waals surface area contributed by atoms with Crippen LogP contribution in [-0.2, 0) is 0 Å². The van der Waals surface area contributed by atoms with Gasteiger partial charge in [-0.05, 0) is 20.0 Å². The largest absolute Gasteiger partial charge is 0.294 e. The minimum atomic E-state index is -0.0256. The predicted octanol–water partition coefficient (Wildman–Crippen LogP) is 4.88. The molecule has 0 saturated heterocycles. The molecule has 1 atom stereocenters. The number of ketones is 2. The molecule has 0 aromatic heterocycles. The maximum absolute atomic E-state index is 12.1. The quantitative estimate of drug-likeness (QED) is 0.675. The number of hydrogen-bond acceptors (Lipinski definition) is 3. The molecule has 3 nitrogen and oxygen atoms in total. The summed E-state index contributed by atoms with van der Waals surface area (Å²) in [4.78, 5) is 25.2. The number of carbonyl (C=O) groups excluding carboxylic acids is 2. The summed E-state index contributed by atoms with van der Waals surface area (Å²) in [7, 11) is 0. The monoisotopic (exact) mass is 339 g/mol. The predicted molar refractivity (Wildman–Crippen MR) is 104 cm³/mol. The average Bonchev–Trinajstić information content (AvgIpc) is 2.69. The number of carbonyl (C=O) groups is 2. The highest BCUT2D eigenvalue weighted by Crippen LogP contribution is 2.08. The molecule has 2 aromatic carbocycles. The Hall–Kier alpha value is -2.26. The number of hydrogen-bond donors (Lipinski definition) is 0. The number of benzene rings is 2. The second-order valence-electron chi connectivity index (χ2n) is 5.77. The van der Waals surface area contributed by atoms with E-state index >= 15 is 0 Å². The molecular weight excluding hydrogens is 310 g/mol. The minimum absolute atomic E-state index is 0.0256. The van der Waals surface area contributed by atoms with E-state index in [9.17, 15) is 9.59 Å². The molecule has 0 bridgehead atoms. The van der Waals surface area contributed by atoms with Crippen LogP contribution in [0.15, 0.2) is 60.7 Å². The fraction of sp³-hybridized carbons (Fsp3) is 0.364. The van der Waals surface area contributed by atoms with Crippen LogP contribution in [-0.4, -0.2) is 35.6 Å². The fourth-order valence-electron chi connectivity index (χ4n) is 2.61. The third kappa shape index (κ3) is 6.63. The van der Waals surface area contributed by atoms with Gasteiger partial charge in [0.2, 0.25) is 0 Å². The minimum Gasteiger partial charge on any atom is -0.294 e. The van der Waals surface area contributed by atoms with E-state index in [0.717, 1.165) is 24.2 Å². The maximum atomic E-state index is 12.1. The third-order valence-electron chi connectivity index (χ3n) is 4.21. The van der Waals surface area contributed by atoms with Crippen LogP contribution in [0.5, 0.6) is 0 Å². The zero-order valence-corrected chi connectivity index (χ0v) is 15.7. The Morgan fingerprint density at radius 3 is 1.64 bits per heavy atom. The molecule has 0 aliphatic carbocycles. The molecule has 0 spiro atoms. The number of rotatable bonds is 7. The van der Waals surface area contributed by atoms with Gasteiger partial charge < -0.3 is 0 Å². The van der Waals surface area contributed by atoms with Gasteiger partial charge in [-0.3, -0.25) is 14.5 Å². The standard InChI is InChI=1S/C13H19NO.C9H10O/c1-4-14(5-2)11(3)13(15)12-9-7-6-8-10-12;1-2-9(10)8-6-4-3-5-7-8/h6-11H,4-5H2,1-3H3;3-7H,2H2,1H3. The normalized spacial score (nSPS) is 11.4. The smallest absolute Gasteiger partial charge is 0.179 e. The Bertz CT molecular complexity index is 634. The van der Waals surface area contributed by atoms with Crippen molar-refractivity contribution in [3.05, 3.63) is 71.8 Å². The van der Waals surface area contributed by atoms with E-state index in [1.54, 1.807) is 0 Å². The Labute approximate surface area is 151 Å². The van der Waals surface area contributed by atoms with Gasteiger partial charge in [-0.25, -0.2) is 0 Å². The Kier molecular flexibility index (Phi) is 9.41. The first-order valence-electron chi connectivity index (χ1n) is 8.96. The molecule has 2 aromatic rings. The van der Waals surface area contributed by atoms with Crippen molar-refractivity contribution in [3.8, 4) is 0 Å². The second kappa shape index (κ2) is 11.3. The van der Waals surface area contributed by atoms with Gasteiger partial charge in [0, 0.05) is 17.5 Å². The first kappa shape index (κ1) is 20.8. The molecule has 0 heterocycles. The van der Waals surface area contributed by atoms with Crippen LogP contribution >= 0.6 is 0 Å². The SMILES string of the molecule is CCC(=O)c1ccccc1.CCN(CC)C(C)C(=O)c1ccccc1. The van der Waals surface area contributed by atoms with Crippen LogP contribution in [0.25, 0.3) is 0 Å². The summed E-state index contributed by atoms with van der Waals surface area (Å²) in [6, 6.07) is 18.8.